The van der Waals surface area contributed by atoms with E-state index in [0.717, 1.165) is 11.1 Å². The van der Waals surface area contributed by atoms with Gasteiger partial charge in [-0.25, -0.2) is 9.59 Å². The van der Waals surface area contributed by atoms with Gasteiger partial charge in [0.2, 0.25) is 11.8 Å². The summed E-state index contributed by atoms with van der Waals surface area (Å²) in [7, 11) is 1.44. The lowest BCUT2D eigenvalue weighted by Gasteiger charge is -2.30. The largest absolute Gasteiger partial charge is 0.490 e. The molecule has 1 aliphatic heterocycles. The summed E-state index contributed by atoms with van der Waals surface area (Å²) in [5.74, 6) is -1.05. The van der Waals surface area contributed by atoms with E-state index in [-0.39, 0.29) is 30.3 Å². The number of nitrogens with one attached hydrogen (secondary N) is 2. The third kappa shape index (κ3) is 11.0. The molecular formula is C31H41N3O7. The number of hydrogen-bond donors (Lipinski definition) is 3. The molecule has 0 spiro atoms. The lowest BCUT2D eigenvalue weighted by atomic mass is 9.86. The number of benzene rings is 1. The van der Waals surface area contributed by atoms with Gasteiger partial charge in [-0.2, -0.15) is 0 Å². The Hall–Kier alpha value is -4.34. The molecule has 4 N–H and O–H groups in total. The fraction of sp³-hybridized carbons (Fsp3) is 0.419. The summed E-state index contributed by atoms with van der Waals surface area (Å²) in [5.41, 5.74) is 6.70. The molecule has 0 saturated carbocycles. The second-order valence-electron chi connectivity index (χ2n) is 10.8. The number of rotatable bonds is 12. The van der Waals surface area contributed by atoms with Crippen molar-refractivity contribution in [3.05, 3.63) is 77.6 Å². The van der Waals surface area contributed by atoms with Crippen LogP contribution in [0.2, 0.25) is 0 Å². The van der Waals surface area contributed by atoms with Crippen LogP contribution in [0.1, 0.15) is 46.6 Å². The molecule has 0 bridgehead atoms. The fourth-order valence-corrected chi connectivity index (χ4v) is 4.16. The first-order valence-electron chi connectivity index (χ1n) is 13.4. The molecule has 2 rings (SSSR count). The molecular weight excluding hydrogens is 526 g/mol. The molecule has 10 heteroatoms. The highest BCUT2D eigenvalue weighted by Crippen LogP contribution is 2.24. The summed E-state index contributed by atoms with van der Waals surface area (Å²) in [5, 5.41) is 5.68. The number of para-hydroxylation sites is 1. The number of amides is 3. The van der Waals surface area contributed by atoms with Gasteiger partial charge in [-0.1, -0.05) is 75.8 Å². The summed E-state index contributed by atoms with van der Waals surface area (Å²) in [6.45, 7) is 9.54. The molecule has 1 heterocycles. The highest BCUT2D eigenvalue weighted by Gasteiger charge is 2.32. The van der Waals surface area contributed by atoms with E-state index < -0.39 is 29.4 Å². The maximum absolute atomic E-state index is 13.2. The molecule has 1 aromatic carbocycles. The zero-order valence-corrected chi connectivity index (χ0v) is 24.6. The summed E-state index contributed by atoms with van der Waals surface area (Å²) in [6, 6.07) is 6.32. The molecule has 10 nitrogen and oxygen atoms in total. The van der Waals surface area contributed by atoms with Crippen molar-refractivity contribution < 1.29 is 33.4 Å². The molecule has 0 aromatic heterocycles. The van der Waals surface area contributed by atoms with Gasteiger partial charge < -0.3 is 30.6 Å². The first-order valence-corrected chi connectivity index (χ1v) is 13.4. The Morgan fingerprint density at radius 1 is 1.17 bits per heavy atom. The van der Waals surface area contributed by atoms with E-state index in [1.165, 1.54) is 13.2 Å². The number of nitrogens with two attached hydrogens (primary N) is 1. The number of ether oxygens (including phenoxy) is 3. The standard InChI is InChI=1S/C31H41N3O7/c1-20(19-21(2)24-15-16-25(39-6)29(37)41-24)11-7-10-14-26(35)34-27(31(3,4)5)28(36)33-23-13-9-8-12-22(23)17-18-40-30(32)38/h7-14,16,19,21,24,27H,15,17-18H2,1-6H3,(H2,32,38)(H,33,36)(H,34,35)/b11-7-,14-10-,20-19+/t21-,24-,27+/m0/s1. The van der Waals surface area contributed by atoms with Gasteiger partial charge in [0.25, 0.3) is 0 Å². The molecule has 3 amide bonds. The number of esters is 1. The quantitative estimate of drug-likeness (QED) is 0.194. The normalized spacial score (nSPS) is 17.4. The molecule has 0 saturated heterocycles. The van der Waals surface area contributed by atoms with Crippen molar-refractivity contribution in [2.24, 2.45) is 17.1 Å². The van der Waals surface area contributed by atoms with Crippen molar-refractivity contribution in [3.8, 4) is 0 Å². The number of methoxy groups -OCH3 is 1. The molecule has 41 heavy (non-hydrogen) atoms. The Morgan fingerprint density at radius 2 is 1.85 bits per heavy atom. The van der Waals surface area contributed by atoms with E-state index in [1.54, 1.807) is 30.4 Å². The summed E-state index contributed by atoms with van der Waals surface area (Å²) in [4.78, 5) is 48.7. The Labute approximate surface area is 241 Å². The molecule has 0 radical (unpaired) electrons. The van der Waals surface area contributed by atoms with Gasteiger partial charge in [0.05, 0.1) is 13.7 Å². The van der Waals surface area contributed by atoms with Crippen LogP contribution in [0.4, 0.5) is 10.5 Å². The Kier molecular flexibility index (Phi) is 12.4. The number of anilines is 1. The minimum Gasteiger partial charge on any atom is -0.490 e. The van der Waals surface area contributed by atoms with Crippen LogP contribution in [0.3, 0.4) is 0 Å². The summed E-state index contributed by atoms with van der Waals surface area (Å²) in [6.07, 6.45) is 10.0. The Bertz CT molecular complexity index is 1220. The number of allylic oxidation sites excluding steroid dienone is 4. The lowest BCUT2D eigenvalue weighted by Crippen LogP contribution is -2.51. The van der Waals surface area contributed by atoms with E-state index in [4.69, 9.17) is 19.9 Å². The summed E-state index contributed by atoms with van der Waals surface area (Å²) >= 11 is 0. The van der Waals surface area contributed by atoms with Crippen LogP contribution in [0.15, 0.2) is 72.1 Å². The molecule has 0 unspecified atom stereocenters. The van der Waals surface area contributed by atoms with Crippen LogP contribution in [0, 0.1) is 11.3 Å². The maximum Gasteiger partial charge on any atom is 0.404 e. The van der Waals surface area contributed by atoms with Crippen molar-refractivity contribution in [2.45, 2.75) is 59.6 Å². The molecule has 0 fully saturated rings. The average molecular weight is 568 g/mol. The van der Waals surface area contributed by atoms with Crippen LogP contribution in [0.25, 0.3) is 0 Å². The van der Waals surface area contributed by atoms with E-state index in [2.05, 4.69) is 10.6 Å². The van der Waals surface area contributed by atoms with E-state index in [9.17, 15) is 19.2 Å². The minimum atomic E-state index is -0.864. The van der Waals surface area contributed by atoms with Crippen molar-refractivity contribution >= 4 is 29.6 Å². The molecule has 3 atom stereocenters. The molecule has 1 aliphatic rings. The maximum atomic E-state index is 13.2. The zero-order chi connectivity index (χ0) is 30.6. The summed E-state index contributed by atoms with van der Waals surface area (Å²) < 4.78 is 15.2. The second-order valence-corrected chi connectivity index (χ2v) is 10.8. The first-order chi connectivity index (χ1) is 19.3. The topological polar surface area (TPSA) is 146 Å². The highest BCUT2D eigenvalue weighted by atomic mass is 16.6. The van der Waals surface area contributed by atoms with Crippen LogP contribution < -0.4 is 16.4 Å². The SMILES string of the molecule is COC1=CC[C@@H]([C@@H](C)/C=C(C)/C=C\C=C/C(=O)N[C@H](C(=O)Nc2ccccc2CCOC(N)=O)C(C)(C)C)OC1=O. The molecule has 0 aliphatic carbocycles. The number of carbonyl (C=O) groups excluding carboxylic acids is 4. The monoisotopic (exact) mass is 567 g/mol. The van der Waals surface area contributed by atoms with Crippen LogP contribution >= 0.6 is 0 Å². The smallest absolute Gasteiger partial charge is 0.404 e. The zero-order valence-electron chi connectivity index (χ0n) is 24.6. The van der Waals surface area contributed by atoms with Gasteiger partial charge in [0, 0.05) is 30.5 Å². The van der Waals surface area contributed by atoms with Gasteiger partial charge in [-0.05, 0) is 30.0 Å². The van der Waals surface area contributed by atoms with Crippen molar-refractivity contribution in [1.82, 2.24) is 5.32 Å². The second kappa shape index (κ2) is 15.4. The number of hydrogen-bond acceptors (Lipinski definition) is 7. The minimum absolute atomic E-state index is 0.0163. The van der Waals surface area contributed by atoms with Crippen LogP contribution in [0.5, 0.6) is 0 Å². The van der Waals surface area contributed by atoms with Gasteiger partial charge in [-0.15, -0.1) is 0 Å². The van der Waals surface area contributed by atoms with Gasteiger partial charge in [0.15, 0.2) is 5.76 Å². The van der Waals surface area contributed by atoms with Crippen LogP contribution in [-0.4, -0.2) is 49.7 Å². The first kappa shape index (κ1) is 32.9. The predicted molar refractivity (Wildman–Crippen MR) is 156 cm³/mol. The molecule has 1 aromatic rings. The highest BCUT2D eigenvalue weighted by molar-refractivity contribution is 6.00. The Balaban J connectivity index is 1.98. The van der Waals surface area contributed by atoms with Crippen molar-refractivity contribution in [3.63, 3.8) is 0 Å². The van der Waals surface area contributed by atoms with E-state index in [1.807, 2.05) is 58.9 Å². The van der Waals surface area contributed by atoms with Gasteiger partial charge in [0.1, 0.15) is 12.1 Å². The van der Waals surface area contributed by atoms with Gasteiger partial charge in [-0.3, -0.25) is 9.59 Å². The number of primary amides is 1. The predicted octanol–water partition coefficient (Wildman–Crippen LogP) is 4.33. The Morgan fingerprint density at radius 3 is 2.49 bits per heavy atom. The van der Waals surface area contributed by atoms with Crippen molar-refractivity contribution in [2.75, 3.05) is 19.0 Å². The number of cyclic esters (lactones) is 1. The van der Waals surface area contributed by atoms with E-state index in [0.29, 0.717) is 18.5 Å². The van der Waals surface area contributed by atoms with Crippen LogP contribution in [-0.2, 0) is 35.0 Å². The third-order valence-electron chi connectivity index (χ3n) is 6.35. The molecule has 222 valence electrons. The lowest BCUT2D eigenvalue weighted by molar-refractivity contribution is -0.151. The average Bonchev–Trinajstić information content (AvgIpc) is 2.89. The van der Waals surface area contributed by atoms with E-state index >= 15 is 0 Å². The number of carbonyl (C=O) groups is 4. The third-order valence-corrected chi connectivity index (χ3v) is 6.35. The van der Waals surface area contributed by atoms with Crippen molar-refractivity contribution in [1.29, 1.82) is 0 Å². The fourth-order valence-electron chi connectivity index (χ4n) is 4.16. The van der Waals surface area contributed by atoms with Gasteiger partial charge >= 0.3 is 12.1 Å².